The fourth-order valence-electron chi connectivity index (χ4n) is 1.80. The fraction of sp³-hybridized carbons (Fsp3) is 0.200. The highest BCUT2D eigenvalue weighted by atomic mass is 15.2. The zero-order valence-electron chi connectivity index (χ0n) is 10.3. The quantitative estimate of drug-likeness (QED) is 0.815. The topological polar surface area (TPSA) is 29.3 Å². The lowest BCUT2D eigenvalue weighted by Gasteiger charge is -2.20. The Hall–Kier alpha value is -1.64. The van der Waals surface area contributed by atoms with Crippen molar-refractivity contribution >= 4 is 0 Å². The SMILES string of the molecule is CN(C)C(N)c1ccc(-c2ccccc2)cc1. The molecule has 2 N–H and O–H groups in total. The van der Waals surface area contributed by atoms with Gasteiger partial charge < -0.3 is 5.73 Å². The number of nitrogens with two attached hydrogens (primary N) is 1. The second-order valence-corrected chi connectivity index (χ2v) is 4.40. The smallest absolute Gasteiger partial charge is 0.0830 e. The van der Waals surface area contributed by atoms with Crippen LogP contribution in [0.25, 0.3) is 11.1 Å². The molecule has 0 heterocycles. The van der Waals surface area contributed by atoms with Gasteiger partial charge in [-0.2, -0.15) is 0 Å². The maximum Gasteiger partial charge on any atom is 0.0830 e. The van der Waals surface area contributed by atoms with E-state index < -0.39 is 0 Å². The molecule has 0 bridgehead atoms. The van der Waals surface area contributed by atoms with Crippen LogP contribution in [0, 0.1) is 0 Å². The van der Waals surface area contributed by atoms with Crippen LogP contribution in [0.4, 0.5) is 0 Å². The first-order valence-corrected chi connectivity index (χ1v) is 5.76. The maximum absolute atomic E-state index is 6.05. The fourth-order valence-corrected chi connectivity index (χ4v) is 1.80. The van der Waals surface area contributed by atoms with Gasteiger partial charge in [-0.15, -0.1) is 0 Å². The molecular weight excluding hydrogens is 208 g/mol. The van der Waals surface area contributed by atoms with Gasteiger partial charge in [-0.05, 0) is 30.8 Å². The Kier molecular flexibility index (Phi) is 3.57. The molecule has 2 aromatic carbocycles. The molecule has 1 atom stereocenters. The zero-order valence-corrected chi connectivity index (χ0v) is 10.3. The first-order valence-electron chi connectivity index (χ1n) is 5.76. The second kappa shape index (κ2) is 5.13. The Balaban J connectivity index is 2.25. The molecule has 1 unspecified atom stereocenters. The highest BCUT2D eigenvalue weighted by Crippen LogP contribution is 2.21. The van der Waals surface area contributed by atoms with Crippen molar-refractivity contribution in [2.24, 2.45) is 5.73 Å². The minimum absolute atomic E-state index is 0.0418. The van der Waals surface area contributed by atoms with E-state index in [-0.39, 0.29) is 6.17 Å². The van der Waals surface area contributed by atoms with Crippen LogP contribution in [0.1, 0.15) is 11.7 Å². The minimum atomic E-state index is -0.0418. The van der Waals surface area contributed by atoms with Gasteiger partial charge in [-0.25, -0.2) is 0 Å². The van der Waals surface area contributed by atoms with E-state index in [0.29, 0.717) is 0 Å². The monoisotopic (exact) mass is 226 g/mol. The van der Waals surface area contributed by atoms with E-state index in [1.807, 2.05) is 25.1 Å². The van der Waals surface area contributed by atoms with Crippen LogP contribution in [-0.4, -0.2) is 19.0 Å². The molecule has 0 aliphatic rings. The summed E-state index contributed by atoms with van der Waals surface area (Å²) in [4.78, 5) is 2.00. The first-order chi connectivity index (χ1) is 8.18. The van der Waals surface area contributed by atoms with Crippen molar-refractivity contribution in [1.29, 1.82) is 0 Å². The third-order valence-corrected chi connectivity index (χ3v) is 2.92. The van der Waals surface area contributed by atoms with Gasteiger partial charge in [0, 0.05) is 0 Å². The van der Waals surface area contributed by atoms with Crippen molar-refractivity contribution < 1.29 is 0 Å². The molecule has 2 heteroatoms. The molecule has 0 saturated heterocycles. The zero-order chi connectivity index (χ0) is 12.3. The average Bonchev–Trinajstić information content (AvgIpc) is 2.39. The number of nitrogens with zero attached hydrogens (tertiary/aromatic N) is 1. The molecular formula is C15H18N2. The van der Waals surface area contributed by atoms with Crippen LogP contribution in [0.2, 0.25) is 0 Å². The van der Waals surface area contributed by atoms with Crippen LogP contribution >= 0.6 is 0 Å². The maximum atomic E-state index is 6.05. The summed E-state index contributed by atoms with van der Waals surface area (Å²) >= 11 is 0. The Morgan fingerprint density at radius 3 is 1.88 bits per heavy atom. The highest BCUT2D eigenvalue weighted by molar-refractivity contribution is 5.63. The van der Waals surface area contributed by atoms with E-state index in [9.17, 15) is 0 Å². The Morgan fingerprint density at radius 1 is 0.824 bits per heavy atom. The summed E-state index contributed by atoms with van der Waals surface area (Å²) in [6.07, 6.45) is -0.0418. The van der Waals surface area contributed by atoms with E-state index in [0.717, 1.165) is 5.56 Å². The third-order valence-electron chi connectivity index (χ3n) is 2.92. The van der Waals surface area contributed by atoms with Gasteiger partial charge in [0.15, 0.2) is 0 Å². The van der Waals surface area contributed by atoms with E-state index in [1.54, 1.807) is 0 Å². The predicted octanol–water partition coefficient (Wildman–Crippen LogP) is 2.87. The van der Waals surface area contributed by atoms with Gasteiger partial charge in [0.1, 0.15) is 0 Å². The standard InChI is InChI=1S/C15H18N2/c1-17(2)15(16)14-10-8-13(9-11-14)12-6-4-3-5-7-12/h3-11,15H,16H2,1-2H3. The van der Waals surface area contributed by atoms with Crippen LogP contribution < -0.4 is 5.73 Å². The minimum Gasteiger partial charge on any atom is -0.312 e. The largest absolute Gasteiger partial charge is 0.312 e. The summed E-state index contributed by atoms with van der Waals surface area (Å²) < 4.78 is 0. The third kappa shape index (κ3) is 2.73. The van der Waals surface area contributed by atoms with Crippen molar-refractivity contribution in [3.63, 3.8) is 0 Å². The lowest BCUT2D eigenvalue weighted by atomic mass is 10.0. The number of rotatable bonds is 3. The molecule has 0 saturated carbocycles. The summed E-state index contributed by atoms with van der Waals surface area (Å²) in [7, 11) is 3.96. The van der Waals surface area contributed by atoms with Crippen molar-refractivity contribution in [1.82, 2.24) is 4.90 Å². The van der Waals surface area contributed by atoms with Crippen molar-refractivity contribution in [2.75, 3.05) is 14.1 Å². The van der Waals surface area contributed by atoms with Gasteiger partial charge in [-0.1, -0.05) is 54.6 Å². The number of hydrogen-bond donors (Lipinski definition) is 1. The van der Waals surface area contributed by atoms with Crippen molar-refractivity contribution in [3.05, 3.63) is 60.2 Å². The highest BCUT2D eigenvalue weighted by Gasteiger charge is 2.07. The van der Waals surface area contributed by atoms with Gasteiger partial charge in [0.05, 0.1) is 6.17 Å². The van der Waals surface area contributed by atoms with Gasteiger partial charge in [-0.3, -0.25) is 4.90 Å². The Morgan fingerprint density at radius 2 is 1.35 bits per heavy atom. The van der Waals surface area contributed by atoms with Crippen LogP contribution in [0.5, 0.6) is 0 Å². The molecule has 0 aliphatic heterocycles. The summed E-state index contributed by atoms with van der Waals surface area (Å²) in [5.74, 6) is 0. The second-order valence-electron chi connectivity index (χ2n) is 4.40. The summed E-state index contributed by atoms with van der Waals surface area (Å²) in [5, 5.41) is 0. The Labute approximate surface area is 103 Å². The molecule has 2 rings (SSSR count). The summed E-state index contributed by atoms with van der Waals surface area (Å²) in [6, 6.07) is 18.8. The first kappa shape index (κ1) is 11.8. The van der Waals surface area contributed by atoms with E-state index >= 15 is 0 Å². The molecule has 17 heavy (non-hydrogen) atoms. The molecule has 0 aliphatic carbocycles. The lowest BCUT2D eigenvalue weighted by Crippen LogP contribution is -2.27. The van der Waals surface area contributed by atoms with E-state index in [4.69, 9.17) is 5.73 Å². The van der Waals surface area contributed by atoms with Crippen molar-refractivity contribution in [3.8, 4) is 11.1 Å². The van der Waals surface area contributed by atoms with Crippen molar-refractivity contribution in [2.45, 2.75) is 6.17 Å². The molecule has 0 amide bonds. The summed E-state index contributed by atoms with van der Waals surface area (Å²) in [6.45, 7) is 0. The van der Waals surface area contributed by atoms with Crippen LogP contribution in [0.3, 0.4) is 0 Å². The molecule has 0 radical (unpaired) electrons. The molecule has 0 aromatic heterocycles. The Bertz CT molecular complexity index is 460. The van der Waals surface area contributed by atoms with E-state index in [2.05, 4.69) is 48.5 Å². The average molecular weight is 226 g/mol. The molecule has 88 valence electrons. The summed E-state index contributed by atoms with van der Waals surface area (Å²) in [5.41, 5.74) is 9.64. The number of hydrogen-bond acceptors (Lipinski definition) is 2. The number of benzene rings is 2. The van der Waals surface area contributed by atoms with Gasteiger partial charge in [0.2, 0.25) is 0 Å². The van der Waals surface area contributed by atoms with Crippen LogP contribution in [-0.2, 0) is 0 Å². The van der Waals surface area contributed by atoms with Gasteiger partial charge in [0.25, 0.3) is 0 Å². The molecule has 0 fully saturated rings. The van der Waals surface area contributed by atoms with Gasteiger partial charge >= 0.3 is 0 Å². The lowest BCUT2D eigenvalue weighted by molar-refractivity contribution is 0.307. The predicted molar refractivity (Wildman–Crippen MR) is 72.5 cm³/mol. The molecule has 2 aromatic rings. The van der Waals surface area contributed by atoms with Crippen LogP contribution in [0.15, 0.2) is 54.6 Å². The molecule has 2 nitrogen and oxygen atoms in total. The van der Waals surface area contributed by atoms with E-state index in [1.165, 1.54) is 11.1 Å². The normalized spacial score (nSPS) is 12.7. The molecule has 0 spiro atoms.